The van der Waals surface area contributed by atoms with Crippen molar-refractivity contribution < 1.29 is 14.4 Å². The number of carbonyl (C=O) groups excluding carboxylic acids is 3. The molecule has 1 aromatic heterocycles. The van der Waals surface area contributed by atoms with Gasteiger partial charge in [-0.2, -0.15) is 0 Å². The molecule has 1 aliphatic carbocycles. The minimum atomic E-state index is -0.256. The Kier molecular flexibility index (Phi) is 5.58. The third-order valence-corrected chi connectivity index (χ3v) is 7.15. The van der Waals surface area contributed by atoms with E-state index < -0.39 is 0 Å². The van der Waals surface area contributed by atoms with Crippen LogP contribution in [-0.4, -0.2) is 70.1 Å². The number of hydrogen-bond donors (Lipinski definition) is 0. The SMILES string of the molecule is O=C(CCCN1C(=O)c2ccccc2C1=O)N1CCN(Cc2nc(C3CC3)cs2)CC1. The van der Waals surface area contributed by atoms with E-state index >= 15 is 0 Å². The van der Waals surface area contributed by atoms with Crippen molar-refractivity contribution in [1.82, 2.24) is 19.7 Å². The summed E-state index contributed by atoms with van der Waals surface area (Å²) in [6, 6.07) is 6.88. The molecule has 3 amide bonds. The summed E-state index contributed by atoms with van der Waals surface area (Å²) >= 11 is 1.74. The van der Waals surface area contributed by atoms with Crippen LogP contribution in [0.25, 0.3) is 0 Å². The Morgan fingerprint density at radius 1 is 1.03 bits per heavy atom. The van der Waals surface area contributed by atoms with Gasteiger partial charge in [0.1, 0.15) is 5.01 Å². The molecule has 2 aliphatic heterocycles. The lowest BCUT2D eigenvalue weighted by molar-refractivity contribution is -0.133. The first-order valence-electron chi connectivity index (χ1n) is 11.0. The molecular weight excluding hydrogens is 412 g/mol. The average molecular weight is 439 g/mol. The fraction of sp³-hybridized carbons (Fsp3) is 0.478. The van der Waals surface area contributed by atoms with Crippen LogP contribution >= 0.6 is 11.3 Å². The zero-order valence-corrected chi connectivity index (χ0v) is 18.3. The highest BCUT2D eigenvalue weighted by molar-refractivity contribution is 7.09. The van der Waals surface area contributed by atoms with Gasteiger partial charge < -0.3 is 4.90 Å². The molecule has 2 aromatic rings. The monoisotopic (exact) mass is 438 g/mol. The molecule has 5 rings (SSSR count). The number of aromatic nitrogens is 1. The number of amides is 3. The van der Waals surface area contributed by atoms with Crippen molar-refractivity contribution in [1.29, 1.82) is 0 Å². The number of imide groups is 1. The molecule has 3 aliphatic rings. The van der Waals surface area contributed by atoms with Gasteiger partial charge in [-0.05, 0) is 31.4 Å². The van der Waals surface area contributed by atoms with E-state index in [2.05, 4.69) is 10.3 Å². The molecule has 1 saturated carbocycles. The molecule has 7 nitrogen and oxygen atoms in total. The summed E-state index contributed by atoms with van der Waals surface area (Å²) in [7, 11) is 0. The van der Waals surface area contributed by atoms with Crippen LogP contribution in [0.2, 0.25) is 0 Å². The van der Waals surface area contributed by atoms with Crippen molar-refractivity contribution in [3.8, 4) is 0 Å². The molecular formula is C23H26N4O3S. The lowest BCUT2D eigenvalue weighted by Crippen LogP contribution is -2.48. The van der Waals surface area contributed by atoms with Gasteiger partial charge in [0.25, 0.3) is 11.8 Å². The zero-order valence-electron chi connectivity index (χ0n) is 17.5. The van der Waals surface area contributed by atoms with Crippen molar-refractivity contribution in [3.05, 3.63) is 51.5 Å². The van der Waals surface area contributed by atoms with Gasteiger partial charge in [0.05, 0.1) is 23.4 Å². The Labute approximate surface area is 185 Å². The summed E-state index contributed by atoms with van der Waals surface area (Å²) in [6.45, 7) is 4.27. The summed E-state index contributed by atoms with van der Waals surface area (Å²) < 4.78 is 0. The number of hydrogen-bond acceptors (Lipinski definition) is 6. The van der Waals surface area contributed by atoms with Crippen LogP contribution in [0.1, 0.15) is 63.0 Å². The summed E-state index contributed by atoms with van der Waals surface area (Å²) in [5.74, 6) is 0.281. The molecule has 0 atom stereocenters. The third kappa shape index (κ3) is 4.27. The van der Waals surface area contributed by atoms with Crippen molar-refractivity contribution >= 4 is 29.1 Å². The Morgan fingerprint density at radius 3 is 2.35 bits per heavy atom. The molecule has 162 valence electrons. The molecule has 3 heterocycles. The number of rotatable bonds is 7. The fourth-order valence-corrected chi connectivity index (χ4v) is 5.22. The van der Waals surface area contributed by atoms with Gasteiger partial charge in [-0.3, -0.25) is 24.2 Å². The summed E-state index contributed by atoms with van der Waals surface area (Å²) in [6.07, 6.45) is 3.39. The highest BCUT2D eigenvalue weighted by atomic mass is 32.1. The number of thiazole rings is 1. The van der Waals surface area contributed by atoms with E-state index in [4.69, 9.17) is 4.98 Å². The van der Waals surface area contributed by atoms with E-state index in [1.807, 2.05) is 4.90 Å². The average Bonchev–Trinajstić information content (AvgIpc) is 3.50. The highest BCUT2D eigenvalue weighted by Gasteiger charge is 2.34. The molecule has 31 heavy (non-hydrogen) atoms. The minimum absolute atomic E-state index is 0.0986. The molecule has 0 spiro atoms. The first-order chi connectivity index (χ1) is 15.1. The van der Waals surface area contributed by atoms with Crippen LogP contribution in [0.4, 0.5) is 0 Å². The Hall–Kier alpha value is -2.58. The van der Waals surface area contributed by atoms with E-state index in [0.717, 1.165) is 19.6 Å². The largest absolute Gasteiger partial charge is 0.340 e. The summed E-state index contributed by atoms with van der Waals surface area (Å²) in [5, 5.41) is 3.36. The summed E-state index contributed by atoms with van der Waals surface area (Å²) in [4.78, 5) is 47.7. The predicted octanol–water partition coefficient (Wildman–Crippen LogP) is 2.74. The number of piperazine rings is 1. The zero-order chi connectivity index (χ0) is 21.4. The second-order valence-corrected chi connectivity index (χ2v) is 9.45. The normalized spacial score (nSPS) is 19.2. The molecule has 8 heteroatoms. The lowest BCUT2D eigenvalue weighted by Gasteiger charge is -2.34. The van der Waals surface area contributed by atoms with Gasteiger partial charge in [0.2, 0.25) is 5.91 Å². The number of benzene rings is 1. The van der Waals surface area contributed by atoms with Crippen LogP contribution in [0.15, 0.2) is 29.6 Å². The van der Waals surface area contributed by atoms with Gasteiger partial charge in [-0.1, -0.05) is 12.1 Å². The maximum atomic E-state index is 12.6. The van der Waals surface area contributed by atoms with E-state index in [1.165, 1.54) is 28.4 Å². The van der Waals surface area contributed by atoms with Gasteiger partial charge in [0, 0.05) is 50.4 Å². The first-order valence-corrected chi connectivity index (χ1v) is 11.9. The maximum absolute atomic E-state index is 12.6. The van der Waals surface area contributed by atoms with Gasteiger partial charge in [-0.25, -0.2) is 4.98 Å². The van der Waals surface area contributed by atoms with Crippen molar-refractivity contribution in [3.63, 3.8) is 0 Å². The maximum Gasteiger partial charge on any atom is 0.261 e. The molecule has 2 fully saturated rings. The van der Waals surface area contributed by atoms with Crippen LogP contribution in [-0.2, 0) is 11.3 Å². The number of fused-ring (bicyclic) bond motifs is 1. The van der Waals surface area contributed by atoms with E-state index in [-0.39, 0.29) is 24.3 Å². The lowest BCUT2D eigenvalue weighted by atomic mass is 10.1. The van der Waals surface area contributed by atoms with Gasteiger partial charge in [-0.15, -0.1) is 11.3 Å². The second-order valence-electron chi connectivity index (χ2n) is 8.51. The van der Waals surface area contributed by atoms with Crippen LogP contribution in [0.3, 0.4) is 0 Å². The standard InChI is InChI=1S/C23H26N4O3S/c28-21(6-3-9-27-22(29)17-4-1-2-5-18(17)23(27)30)26-12-10-25(11-13-26)14-20-24-19(15-31-20)16-7-8-16/h1-2,4-5,15-16H,3,6-14H2. The van der Waals surface area contributed by atoms with E-state index in [0.29, 0.717) is 43.0 Å². The molecule has 0 radical (unpaired) electrons. The van der Waals surface area contributed by atoms with Crippen LogP contribution in [0, 0.1) is 0 Å². The molecule has 0 N–H and O–H groups in total. The third-order valence-electron chi connectivity index (χ3n) is 6.30. The smallest absolute Gasteiger partial charge is 0.261 e. The van der Waals surface area contributed by atoms with E-state index in [1.54, 1.807) is 35.6 Å². The van der Waals surface area contributed by atoms with E-state index in [9.17, 15) is 14.4 Å². The van der Waals surface area contributed by atoms with Crippen LogP contribution in [0.5, 0.6) is 0 Å². The van der Waals surface area contributed by atoms with Crippen molar-refractivity contribution in [2.24, 2.45) is 0 Å². The number of carbonyl (C=O) groups is 3. The Morgan fingerprint density at radius 2 is 1.71 bits per heavy atom. The second kappa shape index (κ2) is 8.51. The predicted molar refractivity (Wildman–Crippen MR) is 117 cm³/mol. The van der Waals surface area contributed by atoms with Crippen molar-refractivity contribution in [2.75, 3.05) is 32.7 Å². The molecule has 1 aromatic carbocycles. The highest BCUT2D eigenvalue weighted by Crippen LogP contribution is 2.40. The Bertz CT molecular complexity index is 973. The summed E-state index contributed by atoms with van der Waals surface area (Å²) in [5.41, 5.74) is 2.17. The fourth-order valence-electron chi connectivity index (χ4n) is 4.30. The topological polar surface area (TPSA) is 73.8 Å². The molecule has 0 unspecified atom stereocenters. The molecule has 1 saturated heterocycles. The van der Waals surface area contributed by atoms with Crippen LogP contribution < -0.4 is 0 Å². The Balaban J connectivity index is 1.05. The number of nitrogens with zero attached hydrogens (tertiary/aromatic N) is 4. The molecule has 0 bridgehead atoms. The minimum Gasteiger partial charge on any atom is -0.340 e. The van der Waals surface area contributed by atoms with Crippen molar-refractivity contribution in [2.45, 2.75) is 38.1 Å². The van der Waals surface area contributed by atoms with Gasteiger partial charge in [0.15, 0.2) is 0 Å². The van der Waals surface area contributed by atoms with Gasteiger partial charge >= 0.3 is 0 Å². The first kappa shape index (κ1) is 20.3. The quantitative estimate of drug-likeness (QED) is 0.622.